The highest BCUT2D eigenvalue weighted by Gasteiger charge is 2.17. The summed E-state index contributed by atoms with van der Waals surface area (Å²) in [7, 11) is -1.32. The topological polar surface area (TPSA) is 81.8 Å². The summed E-state index contributed by atoms with van der Waals surface area (Å²) in [5.41, 5.74) is 3.10. The van der Waals surface area contributed by atoms with E-state index in [0.29, 0.717) is 11.0 Å². The smallest absolute Gasteiger partial charge is 0.270 e. The largest absolute Gasteiger partial charge is 0.504 e. The van der Waals surface area contributed by atoms with Gasteiger partial charge in [-0.3, -0.25) is 4.79 Å². The van der Waals surface area contributed by atoms with E-state index in [4.69, 9.17) is 5.26 Å². The quantitative estimate of drug-likeness (QED) is 0.509. The maximum absolute atomic E-state index is 11.9. The molecule has 0 saturated heterocycles. The normalized spacial score (nSPS) is 11.5. The van der Waals surface area contributed by atoms with E-state index in [-0.39, 0.29) is 11.3 Å². The third-order valence-corrected chi connectivity index (χ3v) is 7.23. The van der Waals surface area contributed by atoms with Gasteiger partial charge in [0.1, 0.15) is 11.6 Å². The molecule has 144 valence electrons. The molecule has 0 unspecified atom stereocenters. The summed E-state index contributed by atoms with van der Waals surface area (Å²) < 4.78 is 1.76. The maximum Gasteiger partial charge on any atom is 0.270 e. The summed E-state index contributed by atoms with van der Waals surface area (Å²) >= 11 is 0. The lowest BCUT2D eigenvalue weighted by Gasteiger charge is -2.17. The molecule has 2 heterocycles. The first kappa shape index (κ1) is 18.8. The fourth-order valence-electron chi connectivity index (χ4n) is 3.48. The van der Waals surface area contributed by atoms with Crippen LogP contribution in [-0.2, 0) is 0 Å². The molecular weight excluding hydrogens is 378 g/mol. The molecular formula is C23H21N3O2Si. The van der Waals surface area contributed by atoms with Crippen LogP contribution in [0.4, 0.5) is 0 Å². The third-order valence-electron chi connectivity index (χ3n) is 5.16. The van der Waals surface area contributed by atoms with Gasteiger partial charge < -0.3 is 14.7 Å². The Labute approximate surface area is 169 Å². The van der Waals surface area contributed by atoms with Crippen molar-refractivity contribution in [2.45, 2.75) is 19.6 Å². The van der Waals surface area contributed by atoms with Crippen LogP contribution < -0.4 is 10.7 Å². The summed E-state index contributed by atoms with van der Waals surface area (Å²) in [5, 5.41) is 21.0. The Bertz CT molecular complexity index is 1300. The predicted octanol–water partition coefficient (Wildman–Crippen LogP) is 4.11. The van der Waals surface area contributed by atoms with Gasteiger partial charge in [0.2, 0.25) is 0 Å². The van der Waals surface area contributed by atoms with Crippen LogP contribution >= 0.6 is 0 Å². The molecule has 4 rings (SSSR count). The van der Waals surface area contributed by atoms with Gasteiger partial charge in [0.05, 0.1) is 13.6 Å². The second kappa shape index (κ2) is 6.80. The van der Waals surface area contributed by atoms with Crippen molar-refractivity contribution in [3.63, 3.8) is 0 Å². The van der Waals surface area contributed by atoms with Crippen LogP contribution in [0.25, 0.3) is 27.8 Å². The van der Waals surface area contributed by atoms with Crippen LogP contribution in [-0.4, -0.2) is 22.7 Å². The van der Waals surface area contributed by atoms with Crippen molar-refractivity contribution in [1.29, 1.82) is 5.26 Å². The first-order chi connectivity index (χ1) is 13.8. The van der Waals surface area contributed by atoms with E-state index in [1.165, 1.54) is 5.19 Å². The molecule has 5 nitrogen and oxygen atoms in total. The van der Waals surface area contributed by atoms with Gasteiger partial charge in [0.15, 0.2) is 11.3 Å². The zero-order valence-electron chi connectivity index (χ0n) is 16.5. The third kappa shape index (κ3) is 3.26. The number of pyridine rings is 1. The summed E-state index contributed by atoms with van der Waals surface area (Å²) in [6.07, 6.45) is 1.76. The summed E-state index contributed by atoms with van der Waals surface area (Å²) in [5.74, 6) is -0.303. The van der Waals surface area contributed by atoms with E-state index in [0.717, 1.165) is 16.8 Å². The van der Waals surface area contributed by atoms with E-state index < -0.39 is 13.6 Å². The van der Waals surface area contributed by atoms with Gasteiger partial charge in [-0.25, -0.2) is 0 Å². The zero-order valence-corrected chi connectivity index (χ0v) is 17.5. The van der Waals surface area contributed by atoms with Crippen molar-refractivity contribution in [1.82, 2.24) is 9.55 Å². The molecule has 0 aliphatic heterocycles. The number of benzene rings is 2. The average Bonchev–Trinajstić information content (AvgIpc) is 3.12. The molecule has 2 aromatic carbocycles. The number of nitrogens with one attached hydrogen (secondary N) is 1. The number of hydrogen-bond donors (Lipinski definition) is 2. The van der Waals surface area contributed by atoms with Gasteiger partial charge in [-0.05, 0) is 29.3 Å². The molecule has 0 radical (unpaired) electrons. The molecule has 0 fully saturated rings. The van der Waals surface area contributed by atoms with Gasteiger partial charge >= 0.3 is 0 Å². The molecule has 0 aliphatic rings. The number of nitrogens with zero attached hydrogens (tertiary/aromatic N) is 2. The van der Waals surface area contributed by atoms with Crippen molar-refractivity contribution < 1.29 is 5.11 Å². The minimum atomic E-state index is -1.32. The predicted molar refractivity (Wildman–Crippen MR) is 119 cm³/mol. The number of H-pyrrole nitrogens is 1. The number of hydrogen-bond acceptors (Lipinski definition) is 3. The Morgan fingerprint density at radius 1 is 0.966 bits per heavy atom. The second-order valence-electron chi connectivity index (χ2n) is 8.11. The molecule has 29 heavy (non-hydrogen) atoms. The number of aromatic nitrogens is 2. The van der Waals surface area contributed by atoms with E-state index in [1.807, 2.05) is 24.3 Å². The number of aromatic amines is 1. The average molecular weight is 400 g/mol. The van der Waals surface area contributed by atoms with Gasteiger partial charge in [-0.15, -0.1) is 0 Å². The van der Waals surface area contributed by atoms with Crippen molar-refractivity contribution in [3.8, 4) is 28.6 Å². The van der Waals surface area contributed by atoms with E-state index in [9.17, 15) is 9.90 Å². The molecule has 0 bridgehead atoms. The summed E-state index contributed by atoms with van der Waals surface area (Å²) in [6, 6.07) is 20.2. The zero-order chi connectivity index (χ0) is 20.8. The van der Waals surface area contributed by atoms with Crippen LogP contribution in [0.3, 0.4) is 0 Å². The van der Waals surface area contributed by atoms with E-state index in [1.54, 1.807) is 22.9 Å². The number of aromatic hydroxyl groups is 1. The molecule has 0 saturated carbocycles. The molecule has 0 atom stereocenters. The minimum Gasteiger partial charge on any atom is -0.504 e. The summed E-state index contributed by atoms with van der Waals surface area (Å²) in [4.78, 5) is 14.5. The standard InChI is InChI=1S/C23H21N3O2Si/c1-29(2,3)18-10-6-16(7-11-18)15-4-8-17(9-5-15)26-13-12-20-21(26)22(27)19(14-24)23(28)25-20/h4-13H,1-3H3,(H2,25,27,28). The highest BCUT2D eigenvalue weighted by atomic mass is 28.3. The van der Waals surface area contributed by atoms with Gasteiger partial charge in [0.25, 0.3) is 5.56 Å². The van der Waals surface area contributed by atoms with Crippen LogP contribution in [0.15, 0.2) is 65.6 Å². The lowest BCUT2D eigenvalue weighted by Crippen LogP contribution is -2.37. The van der Waals surface area contributed by atoms with Gasteiger partial charge in [-0.2, -0.15) is 5.26 Å². The molecule has 0 spiro atoms. The Hall–Kier alpha value is -3.56. The lowest BCUT2D eigenvalue weighted by atomic mass is 10.1. The van der Waals surface area contributed by atoms with Crippen LogP contribution in [0.1, 0.15) is 5.56 Å². The van der Waals surface area contributed by atoms with Crippen molar-refractivity contribution in [2.75, 3.05) is 0 Å². The lowest BCUT2D eigenvalue weighted by molar-refractivity contribution is 0.476. The SMILES string of the molecule is C[Si](C)(C)c1ccc(-c2ccc(-n3ccc4[nH]c(=O)c(C#N)c(O)c43)cc2)cc1. The van der Waals surface area contributed by atoms with E-state index in [2.05, 4.69) is 48.9 Å². The Morgan fingerprint density at radius 2 is 1.55 bits per heavy atom. The molecule has 2 N–H and O–H groups in total. The maximum atomic E-state index is 11.9. The number of nitriles is 1. The number of rotatable bonds is 3. The summed E-state index contributed by atoms with van der Waals surface area (Å²) in [6.45, 7) is 7.00. The second-order valence-corrected chi connectivity index (χ2v) is 13.2. The highest BCUT2D eigenvalue weighted by Crippen LogP contribution is 2.29. The minimum absolute atomic E-state index is 0.281. The highest BCUT2D eigenvalue weighted by molar-refractivity contribution is 6.88. The number of fused-ring (bicyclic) bond motifs is 1. The molecule has 4 aromatic rings. The molecule has 0 aliphatic carbocycles. The van der Waals surface area contributed by atoms with Crippen molar-refractivity contribution >= 4 is 24.3 Å². The molecule has 0 amide bonds. The van der Waals surface area contributed by atoms with Gasteiger partial charge in [0, 0.05) is 11.9 Å². The van der Waals surface area contributed by atoms with Crippen LogP contribution in [0.2, 0.25) is 19.6 Å². The first-order valence-electron chi connectivity index (χ1n) is 9.37. The van der Waals surface area contributed by atoms with Crippen LogP contribution in [0, 0.1) is 11.3 Å². The Balaban J connectivity index is 1.74. The van der Waals surface area contributed by atoms with Crippen LogP contribution in [0.5, 0.6) is 5.75 Å². The molecule has 2 aromatic heterocycles. The monoisotopic (exact) mass is 399 g/mol. The van der Waals surface area contributed by atoms with E-state index >= 15 is 0 Å². The van der Waals surface area contributed by atoms with Crippen molar-refractivity contribution in [2.24, 2.45) is 0 Å². The fourth-order valence-corrected chi connectivity index (χ4v) is 4.65. The Morgan fingerprint density at radius 3 is 2.10 bits per heavy atom. The first-order valence-corrected chi connectivity index (χ1v) is 12.9. The van der Waals surface area contributed by atoms with Gasteiger partial charge in [-0.1, -0.05) is 61.2 Å². The molecule has 6 heteroatoms. The Kier molecular flexibility index (Phi) is 4.40. The fraction of sp³-hybridized carbons (Fsp3) is 0.130. The van der Waals surface area contributed by atoms with Crippen molar-refractivity contribution in [3.05, 3.63) is 76.7 Å².